The van der Waals surface area contributed by atoms with E-state index in [4.69, 9.17) is 5.26 Å². The van der Waals surface area contributed by atoms with Crippen LogP contribution in [0.5, 0.6) is 0 Å². The van der Waals surface area contributed by atoms with Gasteiger partial charge in [0.05, 0.1) is 9.86 Å². The molecule has 0 amide bonds. The fourth-order valence-electron chi connectivity index (χ4n) is 0.754. The van der Waals surface area contributed by atoms with E-state index in [1.165, 1.54) is 0 Å². The second-order valence-corrected chi connectivity index (χ2v) is 4.49. The SMILES string of the molecule is CNC(C#N)c1ccc(Br)s1. The van der Waals surface area contributed by atoms with Crippen LogP contribution in [0.3, 0.4) is 0 Å². The third kappa shape index (κ3) is 2.03. The van der Waals surface area contributed by atoms with E-state index in [-0.39, 0.29) is 6.04 Å². The minimum absolute atomic E-state index is 0.175. The smallest absolute Gasteiger partial charge is 0.130 e. The van der Waals surface area contributed by atoms with Crippen LogP contribution in [-0.2, 0) is 0 Å². The van der Waals surface area contributed by atoms with Crippen LogP contribution in [-0.4, -0.2) is 7.05 Å². The number of nitrogens with one attached hydrogen (secondary N) is 1. The second kappa shape index (κ2) is 3.86. The van der Waals surface area contributed by atoms with Gasteiger partial charge in [-0.15, -0.1) is 11.3 Å². The fraction of sp³-hybridized carbons (Fsp3) is 0.286. The first kappa shape index (κ1) is 8.72. The highest BCUT2D eigenvalue weighted by molar-refractivity contribution is 9.11. The molecule has 1 atom stereocenters. The standard InChI is InChI=1S/C7H7BrN2S/c1-10-5(4-9)6-2-3-7(8)11-6/h2-3,5,10H,1H3. The number of rotatable bonds is 2. The zero-order valence-corrected chi connectivity index (χ0v) is 8.37. The summed E-state index contributed by atoms with van der Waals surface area (Å²) in [6, 6.07) is 5.87. The molecule has 2 nitrogen and oxygen atoms in total. The third-order valence-corrected chi connectivity index (χ3v) is 2.98. The number of nitriles is 1. The highest BCUT2D eigenvalue weighted by atomic mass is 79.9. The van der Waals surface area contributed by atoms with Crippen LogP contribution in [0.2, 0.25) is 0 Å². The Morgan fingerprint density at radius 3 is 2.82 bits per heavy atom. The van der Waals surface area contributed by atoms with Gasteiger partial charge < -0.3 is 5.32 Å². The molecule has 4 heteroatoms. The van der Waals surface area contributed by atoms with E-state index in [1.54, 1.807) is 18.4 Å². The molecule has 1 N–H and O–H groups in total. The van der Waals surface area contributed by atoms with Crippen molar-refractivity contribution in [1.82, 2.24) is 5.32 Å². The molecule has 0 bridgehead atoms. The van der Waals surface area contributed by atoms with Crippen LogP contribution in [0.4, 0.5) is 0 Å². The first-order valence-corrected chi connectivity index (χ1v) is 4.71. The summed E-state index contributed by atoms with van der Waals surface area (Å²) in [7, 11) is 1.78. The molecule has 11 heavy (non-hydrogen) atoms. The Morgan fingerprint density at radius 1 is 1.73 bits per heavy atom. The zero-order chi connectivity index (χ0) is 8.27. The van der Waals surface area contributed by atoms with Crippen LogP contribution in [0.1, 0.15) is 10.9 Å². The van der Waals surface area contributed by atoms with Crippen LogP contribution in [0.15, 0.2) is 15.9 Å². The molecule has 0 aliphatic heterocycles. The van der Waals surface area contributed by atoms with Crippen molar-refractivity contribution in [3.05, 3.63) is 20.8 Å². The van der Waals surface area contributed by atoms with Crippen molar-refractivity contribution >= 4 is 27.3 Å². The van der Waals surface area contributed by atoms with Gasteiger partial charge >= 0.3 is 0 Å². The Hall–Kier alpha value is -0.370. The fourth-order valence-corrected chi connectivity index (χ4v) is 2.23. The second-order valence-electron chi connectivity index (χ2n) is 1.99. The van der Waals surface area contributed by atoms with E-state index < -0.39 is 0 Å². The number of halogens is 1. The topological polar surface area (TPSA) is 35.8 Å². The van der Waals surface area contributed by atoms with Gasteiger partial charge in [0.2, 0.25) is 0 Å². The first-order chi connectivity index (χ1) is 5.27. The normalized spacial score (nSPS) is 12.5. The number of hydrogen-bond donors (Lipinski definition) is 1. The summed E-state index contributed by atoms with van der Waals surface area (Å²) in [6.07, 6.45) is 0. The minimum atomic E-state index is -0.175. The summed E-state index contributed by atoms with van der Waals surface area (Å²) in [4.78, 5) is 1.04. The van der Waals surface area contributed by atoms with E-state index in [0.717, 1.165) is 8.66 Å². The molecule has 1 aromatic rings. The zero-order valence-electron chi connectivity index (χ0n) is 5.97. The van der Waals surface area contributed by atoms with Gasteiger partial charge in [0.15, 0.2) is 0 Å². The molecular formula is C7H7BrN2S. The Bertz CT molecular complexity index is 276. The van der Waals surface area contributed by atoms with Gasteiger partial charge in [0, 0.05) is 4.88 Å². The maximum Gasteiger partial charge on any atom is 0.130 e. The van der Waals surface area contributed by atoms with Gasteiger partial charge in [-0.05, 0) is 35.1 Å². The molecule has 0 aromatic carbocycles. The Balaban J connectivity index is 2.84. The molecule has 0 spiro atoms. The van der Waals surface area contributed by atoms with Gasteiger partial charge in [-0.25, -0.2) is 0 Å². The van der Waals surface area contributed by atoms with E-state index in [2.05, 4.69) is 27.3 Å². The molecule has 1 heterocycles. The monoisotopic (exact) mass is 230 g/mol. The Kier molecular flexibility index (Phi) is 3.06. The average Bonchev–Trinajstić information content (AvgIpc) is 2.39. The summed E-state index contributed by atoms with van der Waals surface area (Å²) in [5.74, 6) is 0. The molecule has 1 aromatic heterocycles. The van der Waals surface area contributed by atoms with Crippen molar-refractivity contribution in [2.45, 2.75) is 6.04 Å². The van der Waals surface area contributed by atoms with Gasteiger partial charge in [0.25, 0.3) is 0 Å². The van der Waals surface area contributed by atoms with Crippen molar-refractivity contribution in [2.75, 3.05) is 7.05 Å². The maximum absolute atomic E-state index is 8.67. The predicted molar refractivity (Wildman–Crippen MR) is 49.4 cm³/mol. The van der Waals surface area contributed by atoms with Gasteiger partial charge in [-0.3, -0.25) is 0 Å². The Labute approximate surface area is 78.0 Å². The van der Waals surface area contributed by atoms with Crippen LogP contribution in [0.25, 0.3) is 0 Å². The van der Waals surface area contributed by atoms with E-state index in [1.807, 2.05) is 12.1 Å². The number of thiophene rings is 1. The minimum Gasteiger partial charge on any atom is -0.301 e. The van der Waals surface area contributed by atoms with E-state index in [9.17, 15) is 0 Å². The first-order valence-electron chi connectivity index (χ1n) is 3.10. The highest BCUT2D eigenvalue weighted by Crippen LogP contribution is 2.26. The highest BCUT2D eigenvalue weighted by Gasteiger charge is 2.08. The van der Waals surface area contributed by atoms with Crippen molar-refractivity contribution in [3.8, 4) is 6.07 Å². The van der Waals surface area contributed by atoms with Gasteiger partial charge in [0.1, 0.15) is 6.04 Å². The lowest BCUT2D eigenvalue weighted by Crippen LogP contribution is -2.12. The number of hydrogen-bond acceptors (Lipinski definition) is 3. The molecule has 1 unspecified atom stereocenters. The van der Waals surface area contributed by atoms with E-state index in [0.29, 0.717) is 0 Å². The van der Waals surface area contributed by atoms with Gasteiger partial charge in [-0.2, -0.15) is 5.26 Å². The summed E-state index contributed by atoms with van der Waals surface area (Å²) in [6.45, 7) is 0. The molecule has 0 saturated heterocycles. The van der Waals surface area contributed by atoms with Crippen molar-refractivity contribution in [1.29, 1.82) is 5.26 Å². The lowest BCUT2D eigenvalue weighted by Gasteiger charge is -2.01. The van der Waals surface area contributed by atoms with Crippen molar-refractivity contribution < 1.29 is 0 Å². The van der Waals surface area contributed by atoms with Crippen LogP contribution < -0.4 is 5.32 Å². The molecular weight excluding hydrogens is 224 g/mol. The molecule has 0 aliphatic rings. The summed E-state index contributed by atoms with van der Waals surface area (Å²) in [5.41, 5.74) is 0. The van der Waals surface area contributed by atoms with Crippen LogP contribution >= 0.6 is 27.3 Å². The number of nitrogens with zero attached hydrogens (tertiary/aromatic N) is 1. The van der Waals surface area contributed by atoms with Crippen molar-refractivity contribution in [3.63, 3.8) is 0 Å². The summed E-state index contributed by atoms with van der Waals surface area (Å²) >= 11 is 4.92. The lowest BCUT2D eigenvalue weighted by molar-refractivity contribution is 0.740. The van der Waals surface area contributed by atoms with Gasteiger partial charge in [-0.1, -0.05) is 0 Å². The molecule has 1 rings (SSSR count). The molecule has 0 aliphatic carbocycles. The summed E-state index contributed by atoms with van der Waals surface area (Å²) in [5, 5.41) is 11.6. The molecule has 0 radical (unpaired) electrons. The van der Waals surface area contributed by atoms with Crippen LogP contribution in [0, 0.1) is 11.3 Å². The quantitative estimate of drug-likeness (QED) is 0.847. The average molecular weight is 231 g/mol. The molecule has 0 saturated carbocycles. The third-order valence-electron chi connectivity index (χ3n) is 1.30. The molecule has 0 fully saturated rings. The predicted octanol–water partition coefficient (Wildman–Crippen LogP) is 2.29. The largest absolute Gasteiger partial charge is 0.301 e. The van der Waals surface area contributed by atoms with E-state index >= 15 is 0 Å². The summed E-state index contributed by atoms with van der Waals surface area (Å²) < 4.78 is 1.06. The molecule has 58 valence electrons. The lowest BCUT2D eigenvalue weighted by atomic mass is 10.3. The van der Waals surface area contributed by atoms with Crippen molar-refractivity contribution in [2.24, 2.45) is 0 Å². The maximum atomic E-state index is 8.67. The Morgan fingerprint density at radius 2 is 2.45 bits per heavy atom.